The van der Waals surface area contributed by atoms with Gasteiger partial charge in [0, 0.05) is 44.3 Å². The van der Waals surface area contributed by atoms with Crippen LogP contribution in [0.2, 0.25) is 10.0 Å². The molecule has 0 bridgehead atoms. The maximum absolute atomic E-state index is 13.5. The predicted molar refractivity (Wildman–Crippen MR) is 160 cm³/mol. The van der Waals surface area contributed by atoms with Gasteiger partial charge in [-0.1, -0.05) is 47.5 Å². The molecule has 40 heavy (non-hydrogen) atoms. The van der Waals surface area contributed by atoms with Crippen molar-refractivity contribution in [1.29, 1.82) is 0 Å². The van der Waals surface area contributed by atoms with Crippen molar-refractivity contribution in [2.24, 2.45) is 0 Å². The Bertz CT molecular complexity index is 1540. The lowest BCUT2D eigenvalue weighted by Gasteiger charge is -2.36. The summed E-state index contributed by atoms with van der Waals surface area (Å²) in [5.74, 6) is 0.379. The van der Waals surface area contributed by atoms with Crippen molar-refractivity contribution in [2.45, 2.75) is 17.7 Å². The average Bonchev–Trinajstić information content (AvgIpc) is 3.37. The number of sulfonamides is 1. The molecule has 5 rings (SSSR count). The first-order valence-electron chi connectivity index (χ1n) is 13.1. The van der Waals surface area contributed by atoms with Gasteiger partial charge < -0.3 is 9.88 Å². The third-order valence-electron chi connectivity index (χ3n) is 6.92. The Kier molecular flexibility index (Phi) is 8.80. The van der Waals surface area contributed by atoms with E-state index in [2.05, 4.69) is 25.1 Å². The second kappa shape index (κ2) is 12.5. The van der Waals surface area contributed by atoms with Crippen molar-refractivity contribution in [3.05, 3.63) is 83.0 Å². The topological polar surface area (TPSA) is 102 Å². The first kappa shape index (κ1) is 28.2. The third-order valence-corrected chi connectivity index (χ3v) is 9.53. The summed E-state index contributed by atoms with van der Waals surface area (Å²) in [5, 5.41) is 4.63. The zero-order valence-electron chi connectivity index (χ0n) is 21.8. The molecule has 1 saturated heterocycles. The van der Waals surface area contributed by atoms with Crippen LogP contribution in [0.5, 0.6) is 0 Å². The van der Waals surface area contributed by atoms with Crippen LogP contribution in [-0.2, 0) is 10.0 Å². The largest absolute Gasteiger partial charge is 0.368 e. The molecule has 12 heteroatoms. The fraction of sp³-hybridized carbons (Fsp3) is 0.286. The zero-order valence-corrected chi connectivity index (χ0v) is 24.1. The normalized spacial score (nSPS) is 14.4. The third kappa shape index (κ3) is 6.36. The van der Waals surface area contributed by atoms with Gasteiger partial charge in [0.15, 0.2) is 0 Å². The minimum atomic E-state index is -4.05. The summed E-state index contributed by atoms with van der Waals surface area (Å²) in [5.41, 5.74) is 1.54. The van der Waals surface area contributed by atoms with Crippen molar-refractivity contribution in [2.75, 3.05) is 49.5 Å². The number of halogens is 2. The van der Waals surface area contributed by atoms with Gasteiger partial charge in [0.2, 0.25) is 0 Å². The Morgan fingerprint density at radius 3 is 2.50 bits per heavy atom. The number of aromatic nitrogens is 2. The first-order valence-corrected chi connectivity index (χ1v) is 15.3. The van der Waals surface area contributed by atoms with Gasteiger partial charge in [-0.2, -0.15) is 0 Å². The Hall–Kier alpha value is -3.31. The summed E-state index contributed by atoms with van der Waals surface area (Å²) in [4.78, 5) is 25.2. The van der Waals surface area contributed by atoms with Crippen molar-refractivity contribution in [3.63, 3.8) is 0 Å². The summed E-state index contributed by atoms with van der Waals surface area (Å²) in [6.07, 6.45) is 2.90. The SMILES string of the molecule is O=C(Nc1cc2cccnc2[nH]1)N(CCCCN1CCN(c2cccc(Cl)c2Cl)CC1)S(=O)(=O)c1ccccc1. The number of carbonyl (C=O) groups is 1. The standard InChI is InChI=1S/C28H30Cl2N6O3S/c29-23-11-6-12-24(26(23)30)35-18-16-34(17-19-35)14-4-5-15-36(40(38,39)22-9-2-1-3-10-22)28(37)33-25-20-21-8-7-13-31-27(21)32-25/h1-3,6-13,20H,4-5,14-19H2,(H,31,32)(H,33,37). The maximum atomic E-state index is 13.5. The zero-order chi connectivity index (χ0) is 28.1. The van der Waals surface area contributed by atoms with Crippen LogP contribution >= 0.6 is 23.2 Å². The maximum Gasteiger partial charge on any atom is 0.336 e. The fourth-order valence-corrected chi connectivity index (χ4v) is 6.60. The molecule has 1 aliphatic rings. The Morgan fingerprint density at radius 2 is 1.75 bits per heavy atom. The molecule has 9 nitrogen and oxygen atoms in total. The predicted octanol–water partition coefficient (Wildman–Crippen LogP) is 5.69. The van der Waals surface area contributed by atoms with E-state index in [4.69, 9.17) is 23.2 Å². The second-order valence-electron chi connectivity index (χ2n) is 9.55. The number of aromatic amines is 1. The van der Waals surface area contributed by atoms with Gasteiger partial charge in [-0.15, -0.1) is 0 Å². The van der Waals surface area contributed by atoms with E-state index in [-0.39, 0.29) is 11.4 Å². The smallest absolute Gasteiger partial charge is 0.336 e. The quantitative estimate of drug-likeness (QED) is 0.239. The summed E-state index contributed by atoms with van der Waals surface area (Å²) in [6, 6.07) is 18.3. The highest BCUT2D eigenvalue weighted by atomic mass is 35.5. The number of hydrogen-bond donors (Lipinski definition) is 2. The minimum Gasteiger partial charge on any atom is -0.368 e. The van der Waals surface area contributed by atoms with Crippen LogP contribution in [0.3, 0.4) is 0 Å². The molecule has 0 saturated carbocycles. The molecule has 2 amide bonds. The highest BCUT2D eigenvalue weighted by Gasteiger charge is 2.29. The number of urea groups is 1. The van der Waals surface area contributed by atoms with Gasteiger partial charge in [0.05, 0.1) is 20.6 Å². The molecule has 2 aromatic heterocycles. The van der Waals surface area contributed by atoms with E-state index < -0.39 is 16.1 Å². The molecule has 4 aromatic rings. The van der Waals surface area contributed by atoms with Crippen molar-refractivity contribution in [3.8, 4) is 0 Å². The molecule has 0 aliphatic carbocycles. The Balaban J connectivity index is 1.20. The minimum absolute atomic E-state index is 0.0552. The van der Waals surface area contributed by atoms with E-state index in [1.165, 1.54) is 12.1 Å². The number of rotatable bonds is 9. The van der Waals surface area contributed by atoms with E-state index in [1.54, 1.807) is 42.6 Å². The molecule has 210 valence electrons. The van der Waals surface area contributed by atoms with Crippen molar-refractivity contribution >= 4 is 61.8 Å². The molecule has 1 fully saturated rings. The summed E-state index contributed by atoms with van der Waals surface area (Å²) in [6.45, 7) is 4.19. The van der Waals surface area contributed by atoms with Crippen LogP contribution in [0.15, 0.2) is 77.8 Å². The number of amides is 2. The van der Waals surface area contributed by atoms with Crippen LogP contribution in [-0.4, -0.2) is 72.9 Å². The van der Waals surface area contributed by atoms with Gasteiger partial charge in [0.1, 0.15) is 11.5 Å². The highest BCUT2D eigenvalue weighted by Crippen LogP contribution is 2.33. The van der Waals surface area contributed by atoms with Gasteiger partial charge in [0.25, 0.3) is 10.0 Å². The monoisotopic (exact) mass is 600 g/mol. The number of H-pyrrole nitrogens is 1. The van der Waals surface area contributed by atoms with Crippen molar-refractivity contribution < 1.29 is 13.2 Å². The number of piperazine rings is 1. The molecule has 0 spiro atoms. The number of nitrogens with zero attached hydrogens (tertiary/aromatic N) is 4. The highest BCUT2D eigenvalue weighted by molar-refractivity contribution is 7.89. The lowest BCUT2D eigenvalue weighted by molar-refractivity contribution is 0.231. The van der Waals surface area contributed by atoms with E-state index in [9.17, 15) is 13.2 Å². The second-order valence-corrected chi connectivity index (χ2v) is 12.2. The summed E-state index contributed by atoms with van der Waals surface area (Å²) >= 11 is 12.6. The number of pyridine rings is 1. The number of carbonyl (C=O) groups excluding carboxylic acids is 1. The molecule has 3 heterocycles. The Morgan fingerprint density at radius 1 is 0.975 bits per heavy atom. The van der Waals surface area contributed by atoms with Crippen LogP contribution < -0.4 is 10.2 Å². The summed E-state index contributed by atoms with van der Waals surface area (Å²) in [7, 11) is -4.05. The van der Waals surface area contributed by atoms with Gasteiger partial charge in [-0.25, -0.2) is 22.5 Å². The lowest BCUT2D eigenvalue weighted by atomic mass is 10.2. The van der Waals surface area contributed by atoms with E-state index in [0.29, 0.717) is 27.9 Å². The Labute approximate surface area is 243 Å². The van der Waals surface area contributed by atoms with E-state index in [0.717, 1.165) is 54.5 Å². The summed E-state index contributed by atoms with van der Waals surface area (Å²) < 4.78 is 27.8. The average molecular weight is 602 g/mol. The van der Waals surface area contributed by atoms with Crippen LogP contribution in [0.25, 0.3) is 11.0 Å². The number of nitrogens with one attached hydrogen (secondary N) is 2. The molecular formula is C28H30Cl2N6O3S. The van der Waals surface area contributed by atoms with Crippen LogP contribution in [0, 0.1) is 0 Å². The van der Waals surface area contributed by atoms with E-state index >= 15 is 0 Å². The number of benzene rings is 2. The molecule has 0 radical (unpaired) electrons. The number of anilines is 2. The number of hydrogen-bond acceptors (Lipinski definition) is 6. The number of unbranched alkanes of at least 4 members (excludes halogenated alkanes) is 1. The van der Waals surface area contributed by atoms with Crippen molar-refractivity contribution in [1.82, 2.24) is 19.2 Å². The fourth-order valence-electron chi connectivity index (χ4n) is 4.79. The van der Waals surface area contributed by atoms with E-state index in [1.807, 2.05) is 18.2 Å². The van der Waals surface area contributed by atoms with Gasteiger partial charge in [-0.05, 0) is 61.9 Å². The molecule has 0 atom stereocenters. The van der Waals surface area contributed by atoms with Gasteiger partial charge >= 0.3 is 6.03 Å². The number of fused-ring (bicyclic) bond motifs is 1. The lowest BCUT2D eigenvalue weighted by Crippen LogP contribution is -2.47. The van der Waals surface area contributed by atoms with Gasteiger partial charge in [-0.3, -0.25) is 10.2 Å². The van der Waals surface area contributed by atoms with Crippen LogP contribution in [0.1, 0.15) is 12.8 Å². The first-order chi connectivity index (χ1) is 19.3. The molecule has 1 aliphatic heterocycles. The van der Waals surface area contributed by atoms with Crippen LogP contribution in [0.4, 0.5) is 16.3 Å². The molecule has 2 aromatic carbocycles. The molecule has 2 N–H and O–H groups in total. The molecular weight excluding hydrogens is 571 g/mol. The molecule has 0 unspecified atom stereocenters.